The second kappa shape index (κ2) is 3.55. The third-order valence-corrected chi connectivity index (χ3v) is 0.586. The van der Waals surface area contributed by atoms with E-state index in [0.717, 1.165) is 6.42 Å². The molecule has 0 aromatic rings. The summed E-state index contributed by atoms with van der Waals surface area (Å²) in [6.07, 6.45) is 10.0. The van der Waals surface area contributed by atoms with Crippen LogP contribution < -0.4 is 0 Å². The molecule has 32 valence electrons. The molecule has 0 fully saturated rings. The van der Waals surface area contributed by atoms with Crippen molar-refractivity contribution in [2.45, 2.75) is 6.42 Å². The summed E-state index contributed by atoms with van der Waals surface area (Å²) in [7, 11) is 0. The summed E-state index contributed by atoms with van der Waals surface area (Å²) >= 11 is 0. The van der Waals surface area contributed by atoms with Crippen LogP contribution in [0.5, 0.6) is 0 Å². The van der Waals surface area contributed by atoms with Crippen LogP contribution in [0.1, 0.15) is 10.7 Å². The van der Waals surface area contributed by atoms with E-state index in [9.17, 15) is 0 Å². The van der Waals surface area contributed by atoms with E-state index in [1.165, 1.54) is 0 Å². The average Bonchev–Trinajstić information content (AvgIpc) is 1.76. The van der Waals surface area contributed by atoms with Gasteiger partial charge in [0.2, 0.25) is 0 Å². The molecule has 6 heavy (non-hydrogen) atoms. The van der Waals surface area contributed by atoms with E-state index in [1.54, 1.807) is 0 Å². The Morgan fingerprint density at radius 1 is 1.67 bits per heavy atom. The molecule has 0 radical (unpaired) electrons. The molecule has 0 saturated heterocycles. The summed E-state index contributed by atoms with van der Waals surface area (Å²) in [5, 5.41) is 0. The van der Waals surface area contributed by atoms with Gasteiger partial charge in [-0.3, -0.25) is 6.08 Å². The van der Waals surface area contributed by atoms with Crippen molar-refractivity contribution in [1.82, 2.24) is 0 Å². The summed E-state index contributed by atoms with van der Waals surface area (Å²) in [6.45, 7) is 0. The van der Waals surface area contributed by atoms with Gasteiger partial charge in [-0.15, -0.1) is 6.42 Å². The third-order valence-electron chi connectivity index (χ3n) is 0.586. The molecular weight excluding hydrogens is 151 g/mol. The predicted octanol–water partition coefficient (Wildman–Crippen LogP) is 1.64. The molecule has 0 nitrogen and oxygen atoms in total. The van der Waals surface area contributed by atoms with Crippen molar-refractivity contribution in [2.75, 3.05) is 0 Å². The quantitative estimate of drug-likeness (QED) is 0.471. The van der Waals surface area contributed by atoms with Crippen LogP contribution in [0.25, 0.3) is 0 Å². The molecule has 0 spiro atoms. The van der Waals surface area contributed by atoms with Gasteiger partial charge in [-0.05, 0) is 0 Å². The van der Waals surface area contributed by atoms with Gasteiger partial charge >= 0.3 is 26.2 Å². The SMILES string of the molecule is [C-]1=CC=CC1.[H-].[H-].[H-].[Zr+4]. The van der Waals surface area contributed by atoms with Crippen LogP contribution in [0.3, 0.4) is 0 Å². The zero-order valence-electron chi connectivity index (χ0n) is 6.44. The van der Waals surface area contributed by atoms with Gasteiger partial charge in [0.1, 0.15) is 0 Å². The standard InChI is InChI=1S/C5H5.Zr.3H/c1-2-4-5-3-1;;;;/h1-3H,4H2;;;;/q-1;+4;3*-1. The average molecular weight is 159 g/mol. The first-order valence-corrected chi connectivity index (χ1v) is 1.72. The van der Waals surface area contributed by atoms with Gasteiger partial charge in [0, 0.05) is 0 Å². The zero-order chi connectivity index (χ0) is 3.54. The second-order valence-corrected chi connectivity index (χ2v) is 1.00. The monoisotopic (exact) mass is 158 g/mol. The molecule has 1 rings (SSSR count). The molecule has 1 aliphatic carbocycles. The van der Waals surface area contributed by atoms with Gasteiger partial charge in [-0.25, -0.2) is 12.2 Å². The van der Waals surface area contributed by atoms with Crippen molar-refractivity contribution in [2.24, 2.45) is 0 Å². The topological polar surface area (TPSA) is 0 Å². The molecule has 0 atom stereocenters. The molecule has 0 saturated carbocycles. The summed E-state index contributed by atoms with van der Waals surface area (Å²) in [5.41, 5.74) is 0. The minimum absolute atomic E-state index is 0. The Kier molecular flexibility index (Phi) is 3.76. The Bertz CT molecular complexity index is 70.3. The van der Waals surface area contributed by atoms with Crippen molar-refractivity contribution < 1.29 is 30.5 Å². The molecule has 0 N–H and O–H groups in total. The molecular formula is C5H8Zr. The van der Waals surface area contributed by atoms with Crippen LogP contribution >= 0.6 is 0 Å². The van der Waals surface area contributed by atoms with Crippen molar-refractivity contribution in [3.8, 4) is 0 Å². The number of hydrogen-bond donors (Lipinski definition) is 0. The zero-order valence-corrected chi connectivity index (χ0v) is 5.90. The van der Waals surface area contributed by atoms with Crippen LogP contribution in [-0.4, -0.2) is 0 Å². The van der Waals surface area contributed by atoms with E-state index >= 15 is 0 Å². The van der Waals surface area contributed by atoms with Gasteiger partial charge in [-0.2, -0.15) is 6.08 Å². The van der Waals surface area contributed by atoms with Gasteiger partial charge < -0.3 is 4.28 Å². The summed E-state index contributed by atoms with van der Waals surface area (Å²) in [5.74, 6) is 0. The summed E-state index contributed by atoms with van der Waals surface area (Å²) in [4.78, 5) is 0. The number of hydrogen-bond acceptors (Lipinski definition) is 0. The fourth-order valence-electron chi connectivity index (χ4n) is 0.340. The fraction of sp³-hybridized carbons (Fsp3) is 0.200. The second-order valence-electron chi connectivity index (χ2n) is 1.00. The van der Waals surface area contributed by atoms with E-state index in [4.69, 9.17) is 0 Å². The van der Waals surface area contributed by atoms with Gasteiger partial charge in [0.05, 0.1) is 0 Å². The largest absolute Gasteiger partial charge is 4.00 e. The van der Waals surface area contributed by atoms with E-state index in [2.05, 4.69) is 12.2 Å². The number of rotatable bonds is 0. The molecule has 1 aliphatic rings. The van der Waals surface area contributed by atoms with Crippen LogP contribution in [-0.2, 0) is 26.2 Å². The minimum atomic E-state index is 0. The Labute approximate surface area is 61.5 Å². The fourth-order valence-corrected chi connectivity index (χ4v) is 0.340. The molecule has 0 aliphatic heterocycles. The molecule has 0 aromatic heterocycles. The molecule has 0 unspecified atom stereocenters. The van der Waals surface area contributed by atoms with E-state index in [-0.39, 0.29) is 30.5 Å². The normalized spacial score (nSPS) is 14.7. The van der Waals surface area contributed by atoms with Crippen LogP contribution in [0.4, 0.5) is 0 Å². The smallest absolute Gasteiger partial charge is 1.00 e. The predicted molar refractivity (Wildman–Crippen MR) is 24.9 cm³/mol. The van der Waals surface area contributed by atoms with Crippen molar-refractivity contribution in [3.05, 3.63) is 24.3 Å². The molecule has 0 heterocycles. The molecule has 0 bridgehead atoms. The van der Waals surface area contributed by atoms with E-state index in [0.29, 0.717) is 0 Å². The van der Waals surface area contributed by atoms with Gasteiger partial charge in [0.15, 0.2) is 0 Å². The first-order chi connectivity index (χ1) is 2.50. The van der Waals surface area contributed by atoms with Crippen molar-refractivity contribution in [3.63, 3.8) is 0 Å². The van der Waals surface area contributed by atoms with Crippen LogP contribution in [0.15, 0.2) is 18.2 Å². The van der Waals surface area contributed by atoms with Crippen molar-refractivity contribution in [1.29, 1.82) is 0 Å². The maximum absolute atomic E-state index is 2.99. The van der Waals surface area contributed by atoms with Crippen LogP contribution in [0, 0.1) is 6.08 Å². The van der Waals surface area contributed by atoms with Gasteiger partial charge in [-0.1, -0.05) is 0 Å². The number of allylic oxidation sites excluding steroid dienone is 4. The molecule has 0 amide bonds. The Hall–Kier alpha value is 0.363. The van der Waals surface area contributed by atoms with E-state index < -0.39 is 0 Å². The van der Waals surface area contributed by atoms with Crippen LogP contribution in [0.2, 0.25) is 0 Å². The minimum Gasteiger partial charge on any atom is -1.00 e. The first-order valence-electron chi connectivity index (χ1n) is 1.72. The summed E-state index contributed by atoms with van der Waals surface area (Å²) in [6, 6.07) is 0. The van der Waals surface area contributed by atoms with Gasteiger partial charge in [0.25, 0.3) is 0 Å². The Balaban J connectivity index is -0.0000000312. The Morgan fingerprint density at radius 2 is 2.50 bits per heavy atom. The summed E-state index contributed by atoms with van der Waals surface area (Å²) < 4.78 is 0. The van der Waals surface area contributed by atoms with E-state index in [1.807, 2.05) is 12.2 Å². The third kappa shape index (κ3) is 1.72. The molecule has 1 heteroatoms. The Morgan fingerprint density at radius 3 is 2.67 bits per heavy atom. The first kappa shape index (κ1) is 6.36. The molecule has 0 aromatic carbocycles. The maximum Gasteiger partial charge on any atom is 4.00 e. The maximum atomic E-state index is 2.99. The van der Waals surface area contributed by atoms with Crippen molar-refractivity contribution >= 4 is 0 Å².